The van der Waals surface area contributed by atoms with E-state index in [0.717, 1.165) is 38.6 Å². The highest BCUT2D eigenvalue weighted by atomic mass is 16.5. The minimum Gasteiger partial charge on any atom is -0.480 e. The van der Waals surface area contributed by atoms with Crippen molar-refractivity contribution in [3.63, 3.8) is 0 Å². The maximum Gasteiger partial charge on any atom is 0.317 e. The summed E-state index contributed by atoms with van der Waals surface area (Å²) >= 11 is 0. The third-order valence-electron chi connectivity index (χ3n) is 4.19. The van der Waals surface area contributed by atoms with Crippen LogP contribution in [0.2, 0.25) is 0 Å². The third-order valence-corrected chi connectivity index (χ3v) is 4.19. The van der Waals surface area contributed by atoms with Crippen LogP contribution < -0.4 is 5.32 Å². The van der Waals surface area contributed by atoms with Crippen LogP contribution in [-0.4, -0.2) is 59.8 Å². The molecule has 1 amide bonds. The van der Waals surface area contributed by atoms with Crippen LogP contribution in [0.5, 0.6) is 0 Å². The van der Waals surface area contributed by atoms with Gasteiger partial charge in [0.1, 0.15) is 6.10 Å². The molecule has 1 saturated heterocycles. The normalized spacial score (nSPS) is 29.8. The van der Waals surface area contributed by atoms with E-state index in [2.05, 4.69) is 5.32 Å². The van der Waals surface area contributed by atoms with Crippen molar-refractivity contribution in [3.8, 4) is 0 Å². The molecule has 6 nitrogen and oxygen atoms in total. The lowest BCUT2D eigenvalue weighted by molar-refractivity contribution is -0.141. The molecule has 0 aromatic carbocycles. The minimum absolute atomic E-state index is 0.00515. The Bertz CT molecular complexity index is 349. The van der Waals surface area contributed by atoms with Gasteiger partial charge in [0.05, 0.1) is 6.54 Å². The molecule has 1 aliphatic heterocycles. The number of hydrogen-bond donors (Lipinski definition) is 2. The van der Waals surface area contributed by atoms with Crippen molar-refractivity contribution in [1.29, 1.82) is 0 Å². The summed E-state index contributed by atoms with van der Waals surface area (Å²) in [6, 6.07) is 0.439. The predicted molar refractivity (Wildman–Crippen MR) is 73.4 cm³/mol. The van der Waals surface area contributed by atoms with Gasteiger partial charge < -0.3 is 15.2 Å². The Hall–Kier alpha value is -1.14. The molecule has 20 heavy (non-hydrogen) atoms. The lowest BCUT2D eigenvalue weighted by Gasteiger charge is -2.42. The monoisotopic (exact) mass is 284 g/mol. The van der Waals surface area contributed by atoms with Gasteiger partial charge in [0.2, 0.25) is 5.91 Å². The minimum atomic E-state index is -0.796. The van der Waals surface area contributed by atoms with E-state index < -0.39 is 5.97 Å². The molecular weight excluding hydrogens is 260 g/mol. The second-order valence-corrected chi connectivity index (χ2v) is 5.64. The Morgan fingerprint density at radius 2 is 2.10 bits per heavy atom. The second kappa shape index (κ2) is 7.04. The van der Waals surface area contributed by atoms with E-state index in [9.17, 15) is 9.59 Å². The van der Waals surface area contributed by atoms with Gasteiger partial charge >= 0.3 is 5.97 Å². The number of rotatable bonds is 6. The van der Waals surface area contributed by atoms with Crippen molar-refractivity contribution in [3.05, 3.63) is 0 Å². The van der Waals surface area contributed by atoms with Crippen LogP contribution in [0.25, 0.3) is 0 Å². The van der Waals surface area contributed by atoms with E-state index in [1.165, 1.54) is 0 Å². The summed E-state index contributed by atoms with van der Waals surface area (Å²) in [5, 5.41) is 11.8. The van der Waals surface area contributed by atoms with E-state index in [0.29, 0.717) is 6.61 Å². The molecule has 1 aliphatic carbocycles. The Morgan fingerprint density at radius 3 is 2.65 bits per heavy atom. The molecule has 1 heterocycles. The van der Waals surface area contributed by atoms with Gasteiger partial charge in [-0.15, -0.1) is 0 Å². The van der Waals surface area contributed by atoms with Gasteiger partial charge in [-0.1, -0.05) is 6.92 Å². The number of carbonyl (C=O) groups is 2. The first kappa shape index (κ1) is 15.3. The number of carboxylic acids is 1. The number of carboxylic acid groups (broad SMARTS) is 1. The molecule has 114 valence electrons. The molecule has 0 radical (unpaired) electrons. The molecule has 2 N–H and O–H groups in total. The van der Waals surface area contributed by atoms with Crippen molar-refractivity contribution in [2.75, 3.05) is 19.7 Å². The highest BCUT2D eigenvalue weighted by Gasteiger charge is 2.36. The quantitative estimate of drug-likeness (QED) is 0.747. The summed E-state index contributed by atoms with van der Waals surface area (Å²) < 4.78 is 5.46. The van der Waals surface area contributed by atoms with Crippen LogP contribution in [0.15, 0.2) is 0 Å². The second-order valence-electron chi connectivity index (χ2n) is 5.64. The molecule has 6 heteroatoms. The maximum absolute atomic E-state index is 12.0. The lowest BCUT2D eigenvalue weighted by atomic mass is 9.85. The number of nitrogens with zero attached hydrogens (tertiary/aromatic N) is 1. The van der Waals surface area contributed by atoms with Crippen molar-refractivity contribution in [2.45, 2.75) is 57.2 Å². The average Bonchev–Trinajstić information content (AvgIpc) is 2.40. The molecular formula is C14H24N2O4. The number of nitrogens with one attached hydrogen (secondary N) is 1. The molecule has 0 aromatic rings. The van der Waals surface area contributed by atoms with Crippen LogP contribution in [0.4, 0.5) is 0 Å². The highest BCUT2D eigenvalue weighted by molar-refractivity contribution is 5.81. The van der Waals surface area contributed by atoms with E-state index in [4.69, 9.17) is 9.84 Å². The van der Waals surface area contributed by atoms with Gasteiger partial charge in [-0.3, -0.25) is 14.5 Å². The number of amides is 1. The van der Waals surface area contributed by atoms with E-state index in [1.54, 1.807) is 0 Å². The third kappa shape index (κ3) is 3.93. The molecule has 0 aromatic heterocycles. The largest absolute Gasteiger partial charge is 0.480 e. The molecule has 0 unspecified atom stereocenters. The Kier molecular flexibility index (Phi) is 5.37. The standard InChI is InChI=1S/C14H24N2O4/c1-2-16(9-13(17)18)11-7-10(8-11)15-14(19)12-5-3-4-6-20-12/h10-12H,2-9H2,1H3,(H,15,19)(H,17,18)/t10?,11?,12-/m1/s1. The Labute approximate surface area is 119 Å². The highest BCUT2D eigenvalue weighted by Crippen LogP contribution is 2.26. The number of aliphatic carboxylic acids is 1. The summed E-state index contributed by atoms with van der Waals surface area (Å²) in [6.45, 7) is 3.44. The van der Waals surface area contributed by atoms with Crippen LogP contribution >= 0.6 is 0 Å². The summed E-state index contributed by atoms with van der Waals surface area (Å²) in [4.78, 5) is 24.7. The van der Waals surface area contributed by atoms with Gasteiger partial charge in [-0.05, 0) is 38.6 Å². The Morgan fingerprint density at radius 1 is 1.35 bits per heavy atom. The van der Waals surface area contributed by atoms with Gasteiger partial charge in [0.15, 0.2) is 0 Å². The van der Waals surface area contributed by atoms with Crippen LogP contribution in [0.3, 0.4) is 0 Å². The summed E-state index contributed by atoms with van der Waals surface area (Å²) in [6.07, 6.45) is 4.27. The van der Waals surface area contributed by atoms with Gasteiger partial charge in [0.25, 0.3) is 0 Å². The predicted octanol–water partition coefficient (Wildman–Crippen LogP) is 0.609. The lowest BCUT2D eigenvalue weighted by Crippen LogP contribution is -2.56. The van der Waals surface area contributed by atoms with Gasteiger partial charge in [-0.2, -0.15) is 0 Å². The number of ether oxygens (including phenoxy) is 1. The SMILES string of the molecule is CCN(CC(=O)O)C1CC(NC(=O)[C@H]2CCCCO2)C1. The molecule has 1 saturated carbocycles. The fourth-order valence-corrected chi connectivity index (χ4v) is 2.92. The summed E-state index contributed by atoms with van der Waals surface area (Å²) in [7, 11) is 0. The molecule has 0 bridgehead atoms. The van der Waals surface area contributed by atoms with Gasteiger partial charge in [0, 0.05) is 18.7 Å². The first-order valence-electron chi connectivity index (χ1n) is 7.48. The number of hydrogen-bond acceptors (Lipinski definition) is 4. The fourth-order valence-electron chi connectivity index (χ4n) is 2.92. The summed E-state index contributed by atoms with van der Waals surface area (Å²) in [5.74, 6) is -0.802. The number of likely N-dealkylation sites (N-methyl/N-ethyl adjacent to an activating group) is 1. The van der Waals surface area contributed by atoms with Crippen molar-refractivity contribution in [2.24, 2.45) is 0 Å². The van der Waals surface area contributed by atoms with E-state index in [1.807, 2.05) is 11.8 Å². The van der Waals surface area contributed by atoms with Crippen LogP contribution in [-0.2, 0) is 14.3 Å². The topological polar surface area (TPSA) is 78.9 Å². The Balaban J connectivity index is 1.70. The van der Waals surface area contributed by atoms with E-state index >= 15 is 0 Å². The van der Waals surface area contributed by atoms with E-state index in [-0.39, 0.29) is 30.6 Å². The van der Waals surface area contributed by atoms with Crippen LogP contribution in [0.1, 0.15) is 39.0 Å². The molecule has 2 rings (SSSR count). The molecule has 2 aliphatic rings. The summed E-state index contributed by atoms with van der Waals surface area (Å²) in [5.41, 5.74) is 0. The first-order chi connectivity index (χ1) is 9.60. The zero-order chi connectivity index (χ0) is 14.5. The van der Waals surface area contributed by atoms with Crippen LogP contribution in [0, 0.1) is 0 Å². The van der Waals surface area contributed by atoms with Gasteiger partial charge in [-0.25, -0.2) is 0 Å². The average molecular weight is 284 g/mol. The fraction of sp³-hybridized carbons (Fsp3) is 0.857. The van der Waals surface area contributed by atoms with Crippen molar-refractivity contribution >= 4 is 11.9 Å². The molecule has 2 fully saturated rings. The number of carbonyl (C=O) groups excluding carboxylic acids is 1. The maximum atomic E-state index is 12.0. The van der Waals surface area contributed by atoms with Crippen molar-refractivity contribution < 1.29 is 19.4 Å². The van der Waals surface area contributed by atoms with Crippen molar-refractivity contribution in [1.82, 2.24) is 10.2 Å². The first-order valence-corrected chi connectivity index (χ1v) is 7.48. The zero-order valence-corrected chi connectivity index (χ0v) is 12.0. The molecule has 1 atom stereocenters. The molecule has 0 spiro atoms. The zero-order valence-electron chi connectivity index (χ0n) is 12.0. The smallest absolute Gasteiger partial charge is 0.317 e.